The summed E-state index contributed by atoms with van der Waals surface area (Å²) in [6.07, 6.45) is 4.50. The van der Waals surface area contributed by atoms with Gasteiger partial charge in [0.1, 0.15) is 11.4 Å². The SMILES string of the molecule is Cn1nc(-c2ccncc2)c2c3c(cnc21)C(=O)N(c1ccccc1[N+](=O)[O-])C3=O. The summed E-state index contributed by atoms with van der Waals surface area (Å²) in [5.41, 5.74) is 1.39. The fourth-order valence-corrected chi connectivity index (χ4v) is 3.67. The van der Waals surface area contributed by atoms with Gasteiger partial charge in [-0.15, -0.1) is 0 Å². The van der Waals surface area contributed by atoms with Gasteiger partial charge in [0.25, 0.3) is 17.5 Å². The molecule has 2 amide bonds. The summed E-state index contributed by atoms with van der Waals surface area (Å²) in [4.78, 5) is 46.4. The number of fused-ring (bicyclic) bond motifs is 3. The normalized spacial score (nSPS) is 13.2. The van der Waals surface area contributed by atoms with Gasteiger partial charge in [-0.3, -0.25) is 24.7 Å². The minimum Gasteiger partial charge on any atom is -0.268 e. The first-order valence-corrected chi connectivity index (χ1v) is 8.87. The van der Waals surface area contributed by atoms with Crippen molar-refractivity contribution in [1.29, 1.82) is 0 Å². The van der Waals surface area contributed by atoms with Crippen LogP contribution in [0.4, 0.5) is 11.4 Å². The van der Waals surface area contributed by atoms with Crippen LogP contribution < -0.4 is 4.90 Å². The Morgan fingerprint density at radius 3 is 2.50 bits per heavy atom. The van der Waals surface area contributed by atoms with Gasteiger partial charge in [0, 0.05) is 37.3 Å². The number of carbonyl (C=O) groups excluding carboxylic acids is 2. The van der Waals surface area contributed by atoms with E-state index in [-0.39, 0.29) is 22.5 Å². The largest absolute Gasteiger partial charge is 0.293 e. The third-order valence-corrected chi connectivity index (χ3v) is 4.98. The van der Waals surface area contributed by atoms with Gasteiger partial charge in [-0.05, 0) is 18.2 Å². The Balaban J connectivity index is 1.78. The number of rotatable bonds is 3. The van der Waals surface area contributed by atoms with Gasteiger partial charge in [0.05, 0.1) is 21.4 Å². The number of benzene rings is 1. The quantitative estimate of drug-likeness (QED) is 0.294. The van der Waals surface area contributed by atoms with Gasteiger partial charge in [-0.25, -0.2) is 14.6 Å². The van der Waals surface area contributed by atoms with E-state index in [0.717, 1.165) is 4.90 Å². The minimum absolute atomic E-state index is 0.0777. The minimum atomic E-state index is -0.664. The molecule has 0 bridgehead atoms. The molecular formula is C20H12N6O4. The average Bonchev–Trinajstić information content (AvgIpc) is 3.22. The molecule has 1 aliphatic heterocycles. The van der Waals surface area contributed by atoms with Crippen LogP contribution >= 0.6 is 0 Å². The second kappa shape index (κ2) is 6.27. The van der Waals surface area contributed by atoms with Crippen molar-refractivity contribution in [3.8, 4) is 11.3 Å². The Hall–Kier alpha value is -4.47. The molecule has 0 saturated carbocycles. The lowest BCUT2D eigenvalue weighted by Gasteiger charge is -2.13. The zero-order chi connectivity index (χ0) is 21.0. The van der Waals surface area contributed by atoms with Gasteiger partial charge in [0.15, 0.2) is 5.65 Å². The number of amides is 2. The van der Waals surface area contributed by atoms with Gasteiger partial charge < -0.3 is 0 Å². The highest BCUT2D eigenvalue weighted by molar-refractivity contribution is 6.38. The topological polar surface area (TPSA) is 124 Å². The molecule has 4 heterocycles. The van der Waals surface area contributed by atoms with Gasteiger partial charge in [-0.1, -0.05) is 12.1 Å². The fraction of sp³-hybridized carbons (Fsp3) is 0.0500. The molecule has 0 aliphatic carbocycles. The Kier molecular flexibility index (Phi) is 3.68. The summed E-state index contributed by atoms with van der Waals surface area (Å²) in [6, 6.07) is 9.11. The van der Waals surface area contributed by atoms with Crippen LogP contribution in [0.1, 0.15) is 20.7 Å². The number of aromatic nitrogens is 4. The van der Waals surface area contributed by atoms with E-state index in [4.69, 9.17) is 0 Å². The predicted octanol–water partition coefficient (Wildman–Crippen LogP) is 2.74. The van der Waals surface area contributed by atoms with E-state index in [1.165, 1.54) is 35.1 Å². The van der Waals surface area contributed by atoms with Crippen LogP contribution in [0.2, 0.25) is 0 Å². The molecule has 5 rings (SSSR count). The summed E-state index contributed by atoms with van der Waals surface area (Å²) in [5, 5.41) is 16.3. The van der Waals surface area contributed by atoms with Crippen LogP contribution in [-0.4, -0.2) is 36.5 Å². The number of nitro benzene ring substituents is 1. The molecule has 0 radical (unpaired) electrons. The first-order valence-electron chi connectivity index (χ1n) is 8.87. The van der Waals surface area contributed by atoms with Crippen LogP contribution in [0, 0.1) is 10.1 Å². The Bertz CT molecular complexity index is 1380. The molecule has 4 aromatic rings. The Morgan fingerprint density at radius 2 is 1.77 bits per heavy atom. The first kappa shape index (κ1) is 17.6. The van der Waals surface area contributed by atoms with E-state index in [1.54, 1.807) is 31.6 Å². The van der Waals surface area contributed by atoms with Crippen molar-refractivity contribution in [2.45, 2.75) is 0 Å². The molecule has 0 fully saturated rings. The summed E-state index contributed by atoms with van der Waals surface area (Å²) in [5.74, 6) is -1.32. The predicted molar refractivity (Wildman–Crippen MR) is 106 cm³/mol. The molecule has 146 valence electrons. The van der Waals surface area contributed by atoms with Gasteiger partial charge >= 0.3 is 0 Å². The van der Waals surface area contributed by atoms with Gasteiger partial charge in [0.2, 0.25) is 0 Å². The van der Waals surface area contributed by atoms with Crippen molar-refractivity contribution in [3.63, 3.8) is 0 Å². The lowest BCUT2D eigenvalue weighted by atomic mass is 10.0. The number of hydrogen-bond donors (Lipinski definition) is 0. The number of para-hydroxylation sites is 2. The maximum absolute atomic E-state index is 13.4. The molecule has 1 aliphatic rings. The van der Waals surface area contributed by atoms with E-state index < -0.39 is 16.7 Å². The number of hydrogen-bond acceptors (Lipinski definition) is 7. The fourth-order valence-electron chi connectivity index (χ4n) is 3.67. The molecule has 10 nitrogen and oxygen atoms in total. The van der Waals surface area contributed by atoms with Crippen LogP contribution in [0.5, 0.6) is 0 Å². The van der Waals surface area contributed by atoms with Crippen molar-refractivity contribution < 1.29 is 14.5 Å². The van der Waals surface area contributed by atoms with Crippen molar-refractivity contribution in [2.75, 3.05) is 4.90 Å². The molecule has 3 aromatic heterocycles. The number of carbonyl (C=O) groups is 2. The van der Waals surface area contributed by atoms with E-state index in [1.807, 2.05) is 0 Å². The highest BCUT2D eigenvalue weighted by atomic mass is 16.6. The Labute approximate surface area is 168 Å². The lowest BCUT2D eigenvalue weighted by Crippen LogP contribution is -2.30. The molecule has 0 N–H and O–H groups in total. The van der Waals surface area contributed by atoms with E-state index in [0.29, 0.717) is 22.3 Å². The van der Waals surface area contributed by atoms with Crippen LogP contribution in [0.25, 0.3) is 22.3 Å². The van der Waals surface area contributed by atoms with Crippen molar-refractivity contribution in [1.82, 2.24) is 19.7 Å². The van der Waals surface area contributed by atoms with Crippen LogP contribution in [0.3, 0.4) is 0 Å². The molecular weight excluding hydrogens is 388 g/mol. The molecule has 1 aromatic carbocycles. The molecule has 0 atom stereocenters. The third-order valence-electron chi connectivity index (χ3n) is 4.98. The third kappa shape index (κ3) is 2.33. The maximum atomic E-state index is 13.4. The first-order chi connectivity index (χ1) is 14.5. The standard InChI is InChI=1S/C20H12N6O4/c1-24-18-16(17(23-24)11-6-8-21-9-7-11)15-12(10-22-18)19(27)25(20(15)28)13-4-2-3-5-14(13)26(29)30/h2-10H,1H3. The highest BCUT2D eigenvalue weighted by Crippen LogP contribution is 2.39. The zero-order valence-corrected chi connectivity index (χ0v) is 15.5. The molecule has 10 heteroatoms. The zero-order valence-electron chi connectivity index (χ0n) is 15.5. The molecule has 0 unspecified atom stereocenters. The van der Waals surface area contributed by atoms with E-state index in [2.05, 4.69) is 15.1 Å². The number of imide groups is 1. The maximum Gasteiger partial charge on any atom is 0.293 e. The van der Waals surface area contributed by atoms with Crippen LogP contribution in [0.15, 0.2) is 55.0 Å². The molecule has 0 spiro atoms. The smallest absolute Gasteiger partial charge is 0.268 e. The number of pyridine rings is 2. The van der Waals surface area contributed by atoms with E-state index in [9.17, 15) is 19.7 Å². The lowest BCUT2D eigenvalue weighted by molar-refractivity contribution is -0.384. The van der Waals surface area contributed by atoms with Crippen molar-refractivity contribution in [2.24, 2.45) is 7.05 Å². The number of anilines is 1. The number of nitro groups is 1. The van der Waals surface area contributed by atoms with E-state index >= 15 is 0 Å². The highest BCUT2D eigenvalue weighted by Gasteiger charge is 2.42. The van der Waals surface area contributed by atoms with Crippen molar-refractivity contribution >= 4 is 34.2 Å². The number of nitrogens with zero attached hydrogens (tertiary/aromatic N) is 6. The summed E-state index contributed by atoms with van der Waals surface area (Å²) < 4.78 is 1.52. The summed E-state index contributed by atoms with van der Waals surface area (Å²) >= 11 is 0. The monoisotopic (exact) mass is 400 g/mol. The molecule has 30 heavy (non-hydrogen) atoms. The van der Waals surface area contributed by atoms with Crippen LogP contribution in [-0.2, 0) is 7.05 Å². The summed E-state index contributed by atoms with van der Waals surface area (Å²) in [6.45, 7) is 0. The summed E-state index contributed by atoms with van der Waals surface area (Å²) in [7, 11) is 1.69. The Morgan fingerprint density at radius 1 is 1.03 bits per heavy atom. The average molecular weight is 400 g/mol. The second-order valence-corrected chi connectivity index (χ2v) is 6.65. The number of aryl methyl sites for hydroxylation is 1. The molecule has 0 saturated heterocycles. The van der Waals surface area contributed by atoms with Gasteiger partial charge in [-0.2, -0.15) is 5.10 Å². The van der Waals surface area contributed by atoms with Crippen molar-refractivity contribution in [3.05, 3.63) is 76.2 Å². The second-order valence-electron chi connectivity index (χ2n) is 6.65.